The number of carbonyl (C=O) groups is 1. The molecule has 1 saturated heterocycles. The molecule has 0 saturated carbocycles. The second-order valence-corrected chi connectivity index (χ2v) is 6.65. The first-order valence-electron chi connectivity index (χ1n) is 8.03. The second-order valence-electron chi connectivity index (χ2n) is 5.87. The SMILES string of the molecule is O=C(c1cnc(-c2ccccc2)nc1)N1CCCC1c1ccsc1. The van der Waals surface area contributed by atoms with Crippen molar-refractivity contribution >= 4 is 17.2 Å². The number of aromatic nitrogens is 2. The van der Waals surface area contributed by atoms with Gasteiger partial charge in [-0.15, -0.1) is 0 Å². The van der Waals surface area contributed by atoms with Gasteiger partial charge in [-0.05, 0) is 35.2 Å². The summed E-state index contributed by atoms with van der Waals surface area (Å²) in [5.41, 5.74) is 2.73. The first-order valence-corrected chi connectivity index (χ1v) is 8.98. The maximum atomic E-state index is 12.8. The highest BCUT2D eigenvalue weighted by atomic mass is 32.1. The van der Waals surface area contributed by atoms with Crippen molar-refractivity contribution in [2.45, 2.75) is 18.9 Å². The van der Waals surface area contributed by atoms with Crippen molar-refractivity contribution in [3.05, 3.63) is 70.7 Å². The van der Waals surface area contributed by atoms with Crippen LogP contribution in [-0.2, 0) is 0 Å². The molecule has 1 unspecified atom stereocenters. The van der Waals surface area contributed by atoms with Crippen molar-refractivity contribution in [2.24, 2.45) is 0 Å². The molecule has 1 aliphatic heterocycles. The Morgan fingerprint density at radius 1 is 1.12 bits per heavy atom. The van der Waals surface area contributed by atoms with Crippen molar-refractivity contribution in [1.82, 2.24) is 14.9 Å². The van der Waals surface area contributed by atoms with Gasteiger partial charge in [0.2, 0.25) is 0 Å². The number of hydrogen-bond donors (Lipinski definition) is 0. The van der Waals surface area contributed by atoms with E-state index in [0.717, 1.165) is 24.9 Å². The fraction of sp³-hybridized carbons (Fsp3) is 0.211. The molecule has 4 rings (SSSR count). The number of hydrogen-bond acceptors (Lipinski definition) is 4. The van der Waals surface area contributed by atoms with Crippen LogP contribution in [0.3, 0.4) is 0 Å². The molecule has 0 aliphatic carbocycles. The fourth-order valence-corrected chi connectivity index (χ4v) is 3.87. The lowest BCUT2D eigenvalue weighted by Gasteiger charge is -2.24. The number of benzene rings is 1. The number of nitrogens with zero attached hydrogens (tertiary/aromatic N) is 3. The third kappa shape index (κ3) is 2.83. The van der Waals surface area contributed by atoms with Crippen molar-refractivity contribution < 1.29 is 4.79 Å². The smallest absolute Gasteiger partial charge is 0.257 e. The van der Waals surface area contributed by atoms with E-state index in [2.05, 4.69) is 26.8 Å². The lowest BCUT2D eigenvalue weighted by Crippen LogP contribution is -2.30. The molecule has 0 N–H and O–H groups in total. The molecule has 4 nitrogen and oxygen atoms in total. The van der Waals surface area contributed by atoms with E-state index in [-0.39, 0.29) is 11.9 Å². The topological polar surface area (TPSA) is 46.1 Å². The van der Waals surface area contributed by atoms with Crippen LogP contribution >= 0.6 is 11.3 Å². The maximum Gasteiger partial charge on any atom is 0.257 e. The van der Waals surface area contributed by atoms with Crippen LogP contribution in [0.2, 0.25) is 0 Å². The second kappa shape index (κ2) is 6.53. The first-order chi connectivity index (χ1) is 11.8. The summed E-state index contributed by atoms with van der Waals surface area (Å²) in [4.78, 5) is 23.5. The Hall–Kier alpha value is -2.53. The lowest BCUT2D eigenvalue weighted by atomic mass is 10.1. The van der Waals surface area contributed by atoms with E-state index >= 15 is 0 Å². The molecule has 0 spiro atoms. The summed E-state index contributed by atoms with van der Waals surface area (Å²) in [7, 11) is 0. The highest BCUT2D eigenvalue weighted by Crippen LogP contribution is 2.34. The summed E-state index contributed by atoms with van der Waals surface area (Å²) in [5.74, 6) is 0.659. The minimum absolute atomic E-state index is 0.0170. The van der Waals surface area contributed by atoms with E-state index in [0.29, 0.717) is 11.4 Å². The van der Waals surface area contributed by atoms with E-state index in [1.807, 2.05) is 35.2 Å². The summed E-state index contributed by atoms with van der Waals surface area (Å²) in [6.07, 6.45) is 5.34. The van der Waals surface area contributed by atoms with Crippen LogP contribution < -0.4 is 0 Å². The van der Waals surface area contributed by atoms with Crippen molar-refractivity contribution in [3.8, 4) is 11.4 Å². The van der Waals surface area contributed by atoms with Gasteiger partial charge in [-0.3, -0.25) is 4.79 Å². The Bertz CT molecular complexity index is 816. The molecule has 3 heterocycles. The molecule has 24 heavy (non-hydrogen) atoms. The van der Waals surface area contributed by atoms with E-state index in [1.54, 1.807) is 23.7 Å². The van der Waals surface area contributed by atoms with Crippen molar-refractivity contribution in [2.75, 3.05) is 6.54 Å². The highest BCUT2D eigenvalue weighted by Gasteiger charge is 2.31. The van der Waals surface area contributed by atoms with Crippen molar-refractivity contribution in [3.63, 3.8) is 0 Å². The van der Waals surface area contributed by atoms with Crippen LogP contribution in [0.1, 0.15) is 34.8 Å². The Balaban J connectivity index is 1.56. The normalized spacial score (nSPS) is 17.2. The molecule has 5 heteroatoms. The predicted molar refractivity (Wildman–Crippen MR) is 94.8 cm³/mol. The third-order valence-corrected chi connectivity index (χ3v) is 5.07. The average Bonchev–Trinajstić information content (AvgIpc) is 3.33. The third-order valence-electron chi connectivity index (χ3n) is 4.37. The average molecular weight is 335 g/mol. The molecular formula is C19H17N3OS. The largest absolute Gasteiger partial charge is 0.331 e. The van der Waals surface area contributed by atoms with Crippen molar-refractivity contribution in [1.29, 1.82) is 0 Å². The van der Waals surface area contributed by atoms with E-state index in [1.165, 1.54) is 5.56 Å². The van der Waals surface area contributed by atoms with Crippen LogP contribution in [-0.4, -0.2) is 27.3 Å². The van der Waals surface area contributed by atoms with Crippen LogP contribution in [0.15, 0.2) is 59.6 Å². The molecule has 1 aromatic carbocycles. The van der Waals surface area contributed by atoms with Gasteiger partial charge in [-0.25, -0.2) is 9.97 Å². The number of likely N-dealkylation sites (tertiary alicyclic amines) is 1. The molecule has 1 amide bonds. The Morgan fingerprint density at radius 3 is 2.62 bits per heavy atom. The predicted octanol–water partition coefficient (Wildman–Crippen LogP) is 4.18. The van der Waals surface area contributed by atoms with Gasteiger partial charge >= 0.3 is 0 Å². The standard InChI is InChI=1S/C19H17N3OS/c23-19(22-9-4-7-17(22)15-8-10-24-13-15)16-11-20-18(21-12-16)14-5-2-1-3-6-14/h1-3,5-6,8,10-13,17H,4,7,9H2. The number of rotatable bonds is 3. The molecule has 1 fully saturated rings. The monoisotopic (exact) mass is 335 g/mol. The van der Waals surface area contributed by atoms with Gasteiger partial charge in [0.1, 0.15) is 0 Å². The van der Waals surface area contributed by atoms with Crippen LogP contribution in [0.4, 0.5) is 0 Å². The molecule has 120 valence electrons. The first kappa shape index (κ1) is 15.0. The van der Waals surface area contributed by atoms with Crippen LogP contribution in [0, 0.1) is 0 Å². The summed E-state index contributed by atoms with van der Waals surface area (Å²) < 4.78 is 0. The highest BCUT2D eigenvalue weighted by molar-refractivity contribution is 7.08. The summed E-state index contributed by atoms with van der Waals surface area (Å²) >= 11 is 1.67. The zero-order valence-corrected chi connectivity index (χ0v) is 13.9. The van der Waals surface area contributed by atoms with E-state index < -0.39 is 0 Å². The minimum atomic E-state index is 0.0170. The van der Waals surface area contributed by atoms with E-state index in [4.69, 9.17) is 0 Å². The molecule has 0 radical (unpaired) electrons. The summed E-state index contributed by atoms with van der Waals surface area (Å²) in [5, 5.41) is 4.19. The molecule has 3 aromatic rings. The molecule has 1 aliphatic rings. The Kier molecular flexibility index (Phi) is 4.09. The molecule has 2 aromatic heterocycles. The summed E-state index contributed by atoms with van der Waals surface area (Å²) in [6, 6.07) is 12.1. The van der Waals surface area contributed by atoms with Gasteiger partial charge in [-0.2, -0.15) is 11.3 Å². The zero-order chi connectivity index (χ0) is 16.4. The van der Waals surface area contributed by atoms with Crippen LogP contribution in [0.25, 0.3) is 11.4 Å². The van der Waals surface area contributed by atoms with Crippen LogP contribution in [0.5, 0.6) is 0 Å². The lowest BCUT2D eigenvalue weighted by molar-refractivity contribution is 0.0735. The Labute approximate surface area is 144 Å². The zero-order valence-electron chi connectivity index (χ0n) is 13.1. The minimum Gasteiger partial charge on any atom is -0.331 e. The van der Waals surface area contributed by atoms with Gasteiger partial charge in [-0.1, -0.05) is 30.3 Å². The van der Waals surface area contributed by atoms with Gasteiger partial charge in [0, 0.05) is 24.5 Å². The van der Waals surface area contributed by atoms with E-state index in [9.17, 15) is 4.79 Å². The Morgan fingerprint density at radius 2 is 1.92 bits per heavy atom. The van der Waals surface area contributed by atoms with Gasteiger partial charge in [0.25, 0.3) is 5.91 Å². The quantitative estimate of drug-likeness (QED) is 0.721. The number of amides is 1. The fourth-order valence-electron chi connectivity index (χ4n) is 3.16. The van der Waals surface area contributed by atoms with Gasteiger partial charge in [0.15, 0.2) is 5.82 Å². The number of thiophene rings is 1. The number of carbonyl (C=O) groups excluding carboxylic acids is 1. The van der Waals surface area contributed by atoms with Gasteiger partial charge in [0.05, 0.1) is 11.6 Å². The summed E-state index contributed by atoms with van der Waals surface area (Å²) in [6.45, 7) is 0.791. The molecule has 1 atom stereocenters. The van der Waals surface area contributed by atoms with Gasteiger partial charge < -0.3 is 4.90 Å². The maximum absolute atomic E-state index is 12.8. The molecular weight excluding hydrogens is 318 g/mol. The molecule has 0 bridgehead atoms.